The second kappa shape index (κ2) is 6.01. The van der Waals surface area contributed by atoms with Crippen LogP contribution in [0.15, 0.2) is 0 Å². The van der Waals surface area contributed by atoms with E-state index in [2.05, 4.69) is 23.1 Å². The molecule has 0 aliphatic carbocycles. The van der Waals surface area contributed by atoms with Gasteiger partial charge in [-0.1, -0.05) is 12.8 Å². The average molecular weight is 180 g/mol. The fourth-order valence-corrected chi connectivity index (χ4v) is 1.94. The van der Waals surface area contributed by atoms with Crippen LogP contribution in [0.4, 0.5) is 0 Å². The lowest BCUT2D eigenvalue weighted by atomic mass is 10.1. The summed E-state index contributed by atoms with van der Waals surface area (Å²) in [5.74, 6) is 2.75. The van der Waals surface area contributed by atoms with Crippen molar-refractivity contribution in [1.29, 1.82) is 0 Å². The van der Waals surface area contributed by atoms with Gasteiger partial charge in [-0.3, -0.25) is 4.90 Å². The minimum Gasteiger partial charge on any atom is -0.315 e. The van der Waals surface area contributed by atoms with Crippen molar-refractivity contribution in [3.05, 3.63) is 0 Å². The summed E-state index contributed by atoms with van der Waals surface area (Å²) < 4.78 is 0. The van der Waals surface area contributed by atoms with Crippen LogP contribution in [0, 0.1) is 12.3 Å². The lowest BCUT2D eigenvalue weighted by Crippen LogP contribution is -2.46. The molecule has 1 N–H and O–H groups in total. The molecule has 0 amide bonds. The summed E-state index contributed by atoms with van der Waals surface area (Å²) in [5, 5.41) is 3.42. The van der Waals surface area contributed by atoms with E-state index >= 15 is 0 Å². The molecule has 0 aromatic rings. The highest BCUT2D eigenvalue weighted by Gasteiger charge is 2.18. The first kappa shape index (κ1) is 10.6. The van der Waals surface area contributed by atoms with Crippen LogP contribution < -0.4 is 5.32 Å². The molecule has 1 heterocycles. The highest BCUT2D eigenvalue weighted by Crippen LogP contribution is 2.10. The Morgan fingerprint density at radius 2 is 2.46 bits per heavy atom. The molecule has 0 aromatic heterocycles. The number of nitrogens with one attached hydrogen (secondary N) is 1. The molecule has 0 spiro atoms. The Morgan fingerprint density at radius 1 is 1.62 bits per heavy atom. The average Bonchev–Trinajstić information content (AvgIpc) is 2.19. The van der Waals surface area contributed by atoms with Gasteiger partial charge in [0.25, 0.3) is 0 Å². The summed E-state index contributed by atoms with van der Waals surface area (Å²) in [6, 6.07) is 0.671. The third-order valence-electron chi connectivity index (χ3n) is 2.59. The first-order chi connectivity index (χ1) is 6.38. The predicted molar refractivity (Wildman–Crippen MR) is 56.6 cm³/mol. The molecule has 1 rings (SSSR count). The van der Waals surface area contributed by atoms with Gasteiger partial charge in [0.15, 0.2) is 0 Å². The third-order valence-corrected chi connectivity index (χ3v) is 2.59. The van der Waals surface area contributed by atoms with Crippen molar-refractivity contribution in [2.45, 2.75) is 32.2 Å². The van der Waals surface area contributed by atoms with E-state index in [1.807, 2.05) is 0 Å². The van der Waals surface area contributed by atoms with Crippen LogP contribution in [0.5, 0.6) is 0 Å². The molecule has 1 fully saturated rings. The molecule has 0 aromatic carbocycles. The zero-order valence-electron chi connectivity index (χ0n) is 8.55. The van der Waals surface area contributed by atoms with Gasteiger partial charge >= 0.3 is 0 Å². The van der Waals surface area contributed by atoms with Gasteiger partial charge < -0.3 is 5.32 Å². The van der Waals surface area contributed by atoms with Gasteiger partial charge in [-0.2, -0.15) is 0 Å². The second-order valence-electron chi connectivity index (χ2n) is 3.67. The van der Waals surface area contributed by atoms with Crippen molar-refractivity contribution >= 4 is 0 Å². The van der Waals surface area contributed by atoms with Gasteiger partial charge in [0.2, 0.25) is 0 Å². The Kier molecular flexibility index (Phi) is 4.88. The molecule has 0 radical (unpaired) electrons. The van der Waals surface area contributed by atoms with Gasteiger partial charge in [-0.25, -0.2) is 0 Å². The third kappa shape index (κ3) is 3.38. The monoisotopic (exact) mass is 180 g/mol. The van der Waals surface area contributed by atoms with Gasteiger partial charge in [0.05, 0.1) is 6.54 Å². The summed E-state index contributed by atoms with van der Waals surface area (Å²) >= 11 is 0. The quantitative estimate of drug-likeness (QED) is 0.651. The Hall–Kier alpha value is -0.520. The summed E-state index contributed by atoms with van der Waals surface area (Å²) in [4.78, 5) is 2.42. The van der Waals surface area contributed by atoms with Crippen LogP contribution in [-0.4, -0.2) is 37.1 Å². The maximum atomic E-state index is 5.35. The summed E-state index contributed by atoms with van der Waals surface area (Å²) in [6.07, 6.45) is 9.13. The molecule has 2 nitrogen and oxygen atoms in total. The molecule has 1 aliphatic rings. The Bertz CT molecular complexity index is 165. The van der Waals surface area contributed by atoms with Crippen molar-refractivity contribution < 1.29 is 0 Å². The van der Waals surface area contributed by atoms with Crippen molar-refractivity contribution in [3.63, 3.8) is 0 Å². The van der Waals surface area contributed by atoms with E-state index in [1.165, 1.54) is 25.8 Å². The Balaban J connectivity index is 2.37. The van der Waals surface area contributed by atoms with E-state index < -0.39 is 0 Å². The van der Waals surface area contributed by atoms with E-state index in [9.17, 15) is 0 Å². The largest absolute Gasteiger partial charge is 0.315 e. The van der Waals surface area contributed by atoms with Crippen molar-refractivity contribution in [2.24, 2.45) is 0 Å². The number of piperidine rings is 1. The fraction of sp³-hybridized carbons (Fsp3) is 0.818. The second-order valence-corrected chi connectivity index (χ2v) is 3.67. The minimum atomic E-state index is 0.671. The zero-order chi connectivity index (χ0) is 9.52. The summed E-state index contributed by atoms with van der Waals surface area (Å²) in [7, 11) is 0. The molecule has 2 heteroatoms. The molecule has 74 valence electrons. The van der Waals surface area contributed by atoms with Crippen molar-refractivity contribution in [2.75, 3.05) is 26.2 Å². The van der Waals surface area contributed by atoms with E-state index in [1.54, 1.807) is 0 Å². The molecule has 1 unspecified atom stereocenters. The number of hydrogen-bond donors (Lipinski definition) is 1. The SMILES string of the molecule is C#CCN(CCC)C1CCCNC1. The predicted octanol–water partition coefficient (Wildman–Crippen LogP) is 1.08. The smallest absolute Gasteiger partial charge is 0.0601 e. The zero-order valence-corrected chi connectivity index (χ0v) is 8.55. The molecule has 0 saturated carbocycles. The number of nitrogens with zero attached hydrogens (tertiary/aromatic N) is 1. The lowest BCUT2D eigenvalue weighted by Gasteiger charge is -2.33. The van der Waals surface area contributed by atoms with Gasteiger partial charge in [-0.15, -0.1) is 6.42 Å². The number of rotatable bonds is 4. The summed E-state index contributed by atoms with van der Waals surface area (Å²) in [6.45, 7) is 6.44. The lowest BCUT2D eigenvalue weighted by molar-refractivity contribution is 0.186. The van der Waals surface area contributed by atoms with Gasteiger partial charge in [-0.05, 0) is 32.4 Å². The molecular weight excluding hydrogens is 160 g/mol. The molecule has 1 atom stereocenters. The normalized spacial score (nSPS) is 23.0. The standard InChI is InChI=1S/C11H20N2/c1-3-8-13(9-4-2)11-6-5-7-12-10-11/h1,11-12H,4-10H2,2H3. The van der Waals surface area contributed by atoms with E-state index in [4.69, 9.17) is 6.42 Å². The highest BCUT2D eigenvalue weighted by molar-refractivity contribution is 4.91. The molecule has 13 heavy (non-hydrogen) atoms. The van der Waals surface area contributed by atoms with Gasteiger partial charge in [0, 0.05) is 12.6 Å². The van der Waals surface area contributed by atoms with Crippen LogP contribution >= 0.6 is 0 Å². The van der Waals surface area contributed by atoms with Crippen molar-refractivity contribution in [3.8, 4) is 12.3 Å². The molecular formula is C11H20N2. The van der Waals surface area contributed by atoms with Crippen LogP contribution in [0.25, 0.3) is 0 Å². The minimum absolute atomic E-state index is 0.671. The Morgan fingerprint density at radius 3 is 3.00 bits per heavy atom. The Labute approximate surface area is 81.7 Å². The van der Waals surface area contributed by atoms with Crippen LogP contribution in [0.2, 0.25) is 0 Å². The number of terminal acetylenes is 1. The molecule has 0 bridgehead atoms. The first-order valence-corrected chi connectivity index (χ1v) is 5.26. The van der Waals surface area contributed by atoms with Crippen LogP contribution in [0.3, 0.4) is 0 Å². The maximum absolute atomic E-state index is 5.35. The highest BCUT2D eigenvalue weighted by atomic mass is 15.2. The topological polar surface area (TPSA) is 15.3 Å². The van der Waals surface area contributed by atoms with E-state index in [0.717, 1.165) is 19.6 Å². The van der Waals surface area contributed by atoms with Crippen LogP contribution in [-0.2, 0) is 0 Å². The van der Waals surface area contributed by atoms with Crippen LogP contribution in [0.1, 0.15) is 26.2 Å². The summed E-state index contributed by atoms with van der Waals surface area (Å²) in [5.41, 5.74) is 0. The van der Waals surface area contributed by atoms with E-state index in [-0.39, 0.29) is 0 Å². The van der Waals surface area contributed by atoms with Crippen molar-refractivity contribution in [1.82, 2.24) is 10.2 Å². The number of hydrogen-bond acceptors (Lipinski definition) is 2. The van der Waals surface area contributed by atoms with E-state index in [0.29, 0.717) is 6.04 Å². The van der Waals surface area contributed by atoms with Gasteiger partial charge in [0.1, 0.15) is 0 Å². The fourth-order valence-electron chi connectivity index (χ4n) is 1.94. The maximum Gasteiger partial charge on any atom is 0.0601 e. The molecule has 1 aliphatic heterocycles. The molecule has 1 saturated heterocycles. The first-order valence-electron chi connectivity index (χ1n) is 5.26.